The van der Waals surface area contributed by atoms with Gasteiger partial charge in [-0.3, -0.25) is 14.4 Å². The lowest BCUT2D eigenvalue weighted by Crippen LogP contribution is -2.60. The number of carbonyl (C=O) groups excluding carboxylic acids is 4. The summed E-state index contributed by atoms with van der Waals surface area (Å²) in [4.78, 5) is 52.3. The Morgan fingerprint density at radius 1 is 0.909 bits per heavy atom. The molecule has 33 heavy (non-hydrogen) atoms. The van der Waals surface area contributed by atoms with Crippen molar-refractivity contribution < 1.29 is 41.1 Å². The molecule has 0 radical (unpaired) electrons. The molecule has 1 aliphatic heterocycles. The average molecular weight is 486 g/mol. The summed E-state index contributed by atoms with van der Waals surface area (Å²) in [6.45, 7) is 5.92. The molecule has 2 N–H and O–H groups in total. The normalized spacial score (nSPS) is 18.8. The van der Waals surface area contributed by atoms with Gasteiger partial charge in [0.25, 0.3) is 0 Å². The second kappa shape index (κ2) is 10.6. The predicted molar refractivity (Wildman–Crippen MR) is 108 cm³/mol. The van der Waals surface area contributed by atoms with Crippen molar-refractivity contribution >= 4 is 23.6 Å². The van der Waals surface area contributed by atoms with Crippen LogP contribution in [-0.2, 0) is 14.4 Å². The molecule has 0 bridgehead atoms. The highest BCUT2D eigenvalue weighted by Crippen LogP contribution is 2.37. The average Bonchev–Trinajstić information content (AvgIpc) is 3.17. The van der Waals surface area contributed by atoms with Crippen LogP contribution in [0.25, 0.3) is 0 Å². The van der Waals surface area contributed by atoms with E-state index in [0.717, 1.165) is 4.90 Å². The zero-order valence-electron chi connectivity index (χ0n) is 19.4. The first kappa shape index (κ1) is 28.6. The molecule has 3 atom stereocenters. The van der Waals surface area contributed by atoms with Crippen LogP contribution in [0.1, 0.15) is 40.5 Å². The lowest BCUT2D eigenvalue weighted by molar-refractivity contribution is -0.270. The van der Waals surface area contributed by atoms with E-state index in [0.29, 0.717) is 6.42 Å². The zero-order chi connectivity index (χ0) is 25.9. The summed E-state index contributed by atoms with van der Waals surface area (Å²) < 4.78 is 65.2. The molecule has 3 unspecified atom stereocenters. The highest BCUT2D eigenvalue weighted by molar-refractivity contribution is 5.97. The predicted octanol–water partition coefficient (Wildman–Crippen LogP) is 2.18. The van der Waals surface area contributed by atoms with E-state index in [1.165, 1.54) is 32.8 Å². The Morgan fingerprint density at radius 2 is 1.42 bits per heavy atom. The van der Waals surface area contributed by atoms with Crippen LogP contribution in [0.4, 0.5) is 26.7 Å². The lowest BCUT2D eigenvalue weighted by atomic mass is 9.95. The van der Waals surface area contributed by atoms with E-state index in [1.807, 2.05) is 5.32 Å². The van der Waals surface area contributed by atoms with Crippen LogP contribution in [0.3, 0.4) is 0 Å². The van der Waals surface area contributed by atoms with Crippen molar-refractivity contribution in [2.24, 2.45) is 11.8 Å². The van der Waals surface area contributed by atoms with Crippen molar-refractivity contribution in [3.63, 3.8) is 0 Å². The molecule has 1 heterocycles. The molecular weight excluding hydrogens is 455 g/mol. The standard InChI is InChI=1S/C20H31F5N4O4/c1-10(2)13(15(30)19(21,22)20(23,24)25)26-16(31)12-8-7-9-29(12)17(32)14(11(3)4)27-18(33)28(5)6/h10-14H,7-9H2,1-6H3,(H,26,31)(H,27,33). The Labute approximate surface area is 189 Å². The third kappa shape index (κ3) is 6.53. The fourth-order valence-electron chi connectivity index (χ4n) is 3.38. The SMILES string of the molecule is CC(C)C(NC(=O)N(C)C)C(=O)N1CCCC1C(=O)NC(C(=O)C(F)(F)C(F)(F)F)C(C)C. The topological polar surface area (TPSA) is 98.8 Å². The first-order valence-corrected chi connectivity index (χ1v) is 10.5. The van der Waals surface area contributed by atoms with E-state index in [1.54, 1.807) is 13.8 Å². The Morgan fingerprint density at radius 3 is 1.85 bits per heavy atom. The molecule has 0 spiro atoms. The number of hydrogen-bond donors (Lipinski definition) is 2. The summed E-state index contributed by atoms with van der Waals surface area (Å²) in [6.07, 6.45) is -5.61. The summed E-state index contributed by atoms with van der Waals surface area (Å²) in [5.41, 5.74) is 0. The fraction of sp³-hybridized carbons (Fsp3) is 0.800. The number of nitrogens with one attached hydrogen (secondary N) is 2. The summed E-state index contributed by atoms with van der Waals surface area (Å²) in [5, 5.41) is 4.54. The molecule has 0 aromatic rings. The highest BCUT2D eigenvalue weighted by atomic mass is 19.4. The summed E-state index contributed by atoms with van der Waals surface area (Å²) in [7, 11) is 2.95. The maximum absolute atomic E-state index is 13.6. The lowest BCUT2D eigenvalue weighted by Gasteiger charge is -2.32. The first-order valence-electron chi connectivity index (χ1n) is 10.5. The molecule has 190 valence electrons. The third-order valence-corrected chi connectivity index (χ3v) is 5.37. The Kier molecular flexibility index (Phi) is 9.21. The van der Waals surface area contributed by atoms with E-state index >= 15 is 0 Å². The number of rotatable bonds is 8. The van der Waals surface area contributed by atoms with Crippen LogP contribution < -0.4 is 10.6 Å². The number of ketones is 1. The van der Waals surface area contributed by atoms with Crippen molar-refractivity contribution in [1.29, 1.82) is 0 Å². The Balaban J connectivity index is 3.09. The number of Topliss-reactive ketones (excluding diaryl/α,β-unsaturated/α-hetero) is 1. The zero-order valence-corrected chi connectivity index (χ0v) is 19.4. The van der Waals surface area contributed by atoms with Gasteiger partial charge < -0.3 is 20.4 Å². The van der Waals surface area contributed by atoms with Crippen LogP contribution in [0.2, 0.25) is 0 Å². The molecule has 8 nitrogen and oxygen atoms in total. The van der Waals surface area contributed by atoms with Gasteiger partial charge in [0.2, 0.25) is 17.6 Å². The number of nitrogens with zero attached hydrogens (tertiary/aromatic N) is 2. The molecule has 1 fully saturated rings. The fourth-order valence-corrected chi connectivity index (χ4v) is 3.38. The molecule has 0 aromatic carbocycles. The van der Waals surface area contributed by atoms with Gasteiger partial charge in [0.05, 0.1) is 6.04 Å². The quantitative estimate of drug-likeness (QED) is 0.514. The number of likely N-dealkylation sites (tertiary alicyclic amines) is 1. The van der Waals surface area contributed by atoms with Crippen LogP contribution in [-0.4, -0.2) is 84.3 Å². The molecule has 1 saturated heterocycles. The molecule has 0 saturated carbocycles. The first-order chi connectivity index (χ1) is 14.9. The van der Waals surface area contributed by atoms with Gasteiger partial charge >= 0.3 is 18.1 Å². The number of amides is 4. The number of carbonyl (C=O) groups is 4. The smallest absolute Gasteiger partial charge is 0.344 e. The van der Waals surface area contributed by atoms with Gasteiger partial charge in [0.1, 0.15) is 12.1 Å². The second-order valence-corrected chi connectivity index (χ2v) is 8.92. The highest BCUT2D eigenvalue weighted by Gasteiger charge is 2.64. The summed E-state index contributed by atoms with van der Waals surface area (Å²) in [5.74, 6) is -11.1. The minimum atomic E-state index is -6.10. The Bertz CT molecular complexity index is 755. The van der Waals surface area contributed by atoms with Crippen molar-refractivity contribution in [2.45, 2.75) is 70.8 Å². The van der Waals surface area contributed by atoms with Crippen LogP contribution in [0, 0.1) is 11.8 Å². The number of alkyl halides is 5. The van der Waals surface area contributed by atoms with Gasteiger partial charge in [0, 0.05) is 20.6 Å². The van der Waals surface area contributed by atoms with Gasteiger partial charge in [-0.15, -0.1) is 0 Å². The molecule has 0 aliphatic carbocycles. The van der Waals surface area contributed by atoms with Gasteiger partial charge in [-0.25, -0.2) is 4.79 Å². The van der Waals surface area contributed by atoms with E-state index in [-0.39, 0.29) is 18.9 Å². The number of halogens is 5. The largest absolute Gasteiger partial charge is 0.461 e. The minimum absolute atomic E-state index is 0.122. The molecule has 13 heteroatoms. The van der Waals surface area contributed by atoms with Crippen LogP contribution in [0.15, 0.2) is 0 Å². The van der Waals surface area contributed by atoms with E-state index < -0.39 is 59.8 Å². The maximum Gasteiger partial charge on any atom is 0.461 e. The van der Waals surface area contributed by atoms with Crippen LogP contribution in [0.5, 0.6) is 0 Å². The van der Waals surface area contributed by atoms with Gasteiger partial charge in [-0.2, -0.15) is 22.0 Å². The maximum atomic E-state index is 13.6. The molecule has 1 aliphatic rings. The van der Waals surface area contributed by atoms with E-state index in [9.17, 15) is 41.1 Å². The van der Waals surface area contributed by atoms with Gasteiger partial charge in [-0.1, -0.05) is 27.7 Å². The van der Waals surface area contributed by atoms with Crippen molar-refractivity contribution in [3.05, 3.63) is 0 Å². The van der Waals surface area contributed by atoms with E-state index in [2.05, 4.69) is 5.32 Å². The summed E-state index contributed by atoms with van der Waals surface area (Å²) in [6, 6.07) is -4.82. The molecule has 1 rings (SSSR count). The number of urea groups is 1. The minimum Gasteiger partial charge on any atom is -0.344 e. The van der Waals surface area contributed by atoms with E-state index in [4.69, 9.17) is 0 Å². The van der Waals surface area contributed by atoms with Crippen molar-refractivity contribution in [1.82, 2.24) is 20.4 Å². The number of hydrogen-bond acceptors (Lipinski definition) is 4. The molecule has 4 amide bonds. The van der Waals surface area contributed by atoms with Crippen LogP contribution >= 0.6 is 0 Å². The molecular formula is C20H31F5N4O4. The molecule has 0 aromatic heterocycles. The third-order valence-electron chi connectivity index (χ3n) is 5.37. The van der Waals surface area contributed by atoms with Gasteiger partial charge in [-0.05, 0) is 24.7 Å². The summed E-state index contributed by atoms with van der Waals surface area (Å²) >= 11 is 0. The second-order valence-electron chi connectivity index (χ2n) is 8.92. The monoisotopic (exact) mass is 486 g/mol. The Hall–Kier alpha value is -2.47. The van der Waals surface area contributed by atoms with Gasteiger partial charge in [0.15, 0.2) is 0 Å². The van der Waals surface area contributed by atoms with Crippen molar-refractivity contribution in [3.8, 4) is 0 Å². The van der Waals surface area contributed by atoms with Crippen molar-refractivity contribution in [2.75, 3.05) is 20.6 Å².